The van der Waals surface area contributed by atoms with E-state index in [9.17, 15) is 0 Å². The van der Waals surface area contributed by atoms with Gasteiger partial charge in [-0.2, -0.15) is 4.20 Å². The summed E-state index contributed by atoms with van der Waals surface area (Å²) in [4.78, 5) is 12.7. The molecule has 2 aromatic heterocycles. The Hall–Kier alpha value is -1.23. The first kappa shape index (κ1) is 27.4. The lowest BCUT2D eigenvalue weighted by Crippen LogP contribution is -2.44. The van der Waals surface area contributed by atoms with Crippen molar-refractivity contribution in [3.63, 3.8) is 0 Å². The van der Waals surface area contributed by atoms with Gasteiger partial charge in [-0.1, -0.05) is 20.8 Å². The Bertz CT molecular complexity index is 962. The number of rotatable bonds is 9. The van der Waals surface area contributed by atoms with Crippen molar-refractivity contribution in [3.05, 3.63) is 12.7 Å². The number of halogens is 1. The zero-order valence-electron chi connectivity index (χ0n) is 21.8. The molecule has 0 radical (unpaired) electrons. The molecular formula is C22H40FN6O3PSi. The van der Waals surface area contributed by atoms with Crippen molar-refractivity contribution in [1.29, 1.82) is 0 Å². The maximum absolute atomic E-state index is 15.5. The molecule has 1 aliphatic rings. The second-order valence-corrected chi connectivity index (χ2v) is 16.9. The van der Waals surface area contributed by atoms with Crippen LogP contribution in [0.5, 0.6) is 0 Å². The maximum atomic E-state index is 15.5. The van der Waals surface area contributed by atoms with Crippen molar-refractivity contribution in [1.82, 2.24) is 24.2 Å². The van der Waals surface area contributed by atoms with Crippen LogP contribution in [0.25, 0.3) is 11.2 Å². The highest BCUT2D eigenvalue weighted by atomic mass is 31.2. The van der Waals surface area contributed by atoms with E-state index in [0.717, 1.165) is 0 Å². The summed E-state index contributed by atoms with van der Waals surface area (Å²) in [6, 6.07) is 0.0434. The van der Waals surface area contributed by atoms with Gasteiger partial charge in [-0.15, -0.1) is 0 Å². The number of ether oxygens (including phenoxy) is 1. The zero-order valence-corrected chi connectivity index (χ0v) is 23.7. The lowest BCUT2D eigenvalue weighted by Gasteiger charge is -2.37. The largest absolute Gasteiger partial charge is 0.414 e. The van der Waals surface area contributed by atoms with Gasteiger partial charge in [-0.3, -0.25) is 4.57 Å². The summed E-state index contributed by atoms with van der Waals surface area (Å²) >= 11 is 0. The highest BCUT2D eigenvalue weighted by Crippen LogP contribution is 2.50. The summed E-state index contributed by atoms with van der Waals surface area (Å²) in [5.74, 6) is 0.309. The van der Waals surface area contributed by atoms with E-state index in [1.54, 1.807) is 11.0 Å². The Morgan fingerprint density at radius 1 is 1.24 bits per heavy atom. The molecule has 4 atom stereocenters. The van der Waals surface area contributed by atoms with E-state index in [2.05, 4.69) is 48.8 Å². The van der Waals surface area contributed by atoms with E-state index in [1.807, 2.05) is 32.3 Å². The minimum Gasteiger partial charge on any atom is -0.414 e. The Kier molecular flexibility index (Phi) is 8.37. The number of nitrogens with zero attached hydrogens (tertiary/aromatic N) is 5. The molecule has 1 fully saturated rings. The highest BCUT2D eigenvalue weighted by Gasteiger charge is 2.44. The first-order valence-corrected chi connectivity index (χ1v) is 15.9. The molecule has 3 heterocycles. The molecule has 2 aromatic rings. The Morgan fingerprint density at radius 3 is 2.47 bits per heavy atom. The number of fused-ring (bicyclic) bond motifs is 1. The van der Waals surface area contributed by atoms with Gasteiger partial charge in [-0.25, -0.2) is 19.6 Å². The van der Waals surface area contributed by atoms with Crippen molar-refractivity contribution >= 4 is 33.9 Å². The quantitative estimate of drug-likeness (QED) is 0.350. The smallest absolute Gasteiger partial charge is 0.304 e. The molecule has 0 bridgehead atoms. The van der Waals surface area contributed by atoms with E-state index in [4.69, 9.17) is 19.4 Å². The molecule has 192 valence electrons. The van der Waals surface area contributed by atoms with Gasteiger partial charge >= 0.3 is 8.61 Å². The van der Waals surface area contributed by atoms with Crippen LogP contribution in [0.4, 0.5) is 10.0 Å². The monoisotopic (exact) mass is 514 g/mol. The third-order valence-corrected chi connectivity index (χ3v) is 13.0. The van der Waals surface area contributed by atoms with Crippen molar-refractivity contribution in [3.8, 4) is 0 Å². The fraction of sp³-hybridized carbons (Fsp3) is 0.773. The number of aromatic nitrogens is 4. The van der Waals surface area contributed by atoms with Gasteiger partial charge in [0.05, 0.1) is 19.0 Å². The number of imidazole rings is 1. The summed E-state index contributed by atoms with van der Waals surface area (Å²) in [6.07, 6.45) is 2.18. The van der Waals surface area contributed by atoms with Crippen LogP contribution >= 0.6 is 8.61 Å². The molecule has 9 nitrogen and oxygen atoms in total. The second kappa shape index (κ2) is 10.4. The van der Waals surface area contributed by atoms with Crippen molar-refractivity contribution < 1.29 is 17.9 Å². The fourth-order valence-corrected chi connectivity index (χ4v) is 6.14. The predicted octanol–water partition coefficient (Wildman–Crippen LogP) is 5.42. The second-order valence-electron chi connectivity index (χ2n) is 11.0. The normalized spacial score (nSPS) is 23.0. The van der Waals surface area contributed by atoms with Crippen molar-refractivity contribution in [2.75, 3.05) is 12.3 Å². The highest BCUT2D eigenvalue weighted by molar-refractivity contribution is 7.44. The molecule has 0 aromatic carbocycles. The van der Waals surface area contributed by atoms with Gasteiger partial charge in [0.2, 0.25) is 0 Å². The molecule has 3 rings (SSSR count). The maximum Gasteiger partial charge on any atom is 0.304 e. The molecule has 34 heavy (non-hydrogen) atoms. The van der Waals surface area contributed by atoms with Crippen LogP contribution in [-0.2, 0) is 13.7 Å². The molecule has 0 aliphatic carbocycles. The lowest BCUT2D eigenvalue weighted by atomic mass is 10.2. The summed E-state index contributed by atoms with van der Waals surface area (Å²) in [5, 5.41) is 0.0507. The van der Waals surface area contributed by atoms with Crippen LogP contribution in [0.3, 0.4) is 0 Å². The van der Waals surface area contributed by atoms with E-state index in [-0.39, 0.29) is 17.1 Å². The molecule has 1 unspecified atom stereocenters. The standard InChI is InChI=1S/C22H40FN6O3PSi/c1-14(2)29(15(3)4)33(23)32-16-10-18(28-13-27-19-20(24)25-12-26-21(19)28)31-17(16)11-30-34(8,9)22(5,6)7/h12-18H,10-11H2,1-9H3,(H2,24,25,26)/t16-,17+,18+,33?/m0/s1. The predicted molar refractivity (Wildman–Crippen MR) is 136 cm³/mol. The van der Waals surface area contributed by atoms with E-state index in [1.165, 1.54) is 6.33 Å². The van der Waals surface area contributed by atoms with E-state index < -0.39 is 35.4 Å². The van der Waals surface area contributed by atoms with Crippen molar-refractivity contribution in [2.24, 2.45) is 0 Å². The van der Waals surface area contributed by atoms with Gasteiger partial charge in [0.1, 0.15) is 24.2 Å². The summed E-state index contributed by atoms with van der Waals surface area (Å²) < 4.78 is 38.0. The van der Waals surface area contributed by atoms with Crippen LogP contribution in [0.1, 0.15) is 61.1 Å². The van der Waals surface area contributed by atoms with Gasteiger partial charge in [0.15, 0.2) is 19.8 Å². The van der Waals surface area contributed by atoms with Crippen LogP contribution in [-0.4, -0.2) is 63.4 Å². The van der Waals surface area contributed by atoms with Crippen LogP contribution in [0.15, 0.2) is 12.7 Å². The molecule has 2 N–H and O–H groups in total. The number of hydrogen-bond donors (Lipinski definition) is 1. The Labute approximate surface area is 204 Å². The molecular weight excluding hydrogens is 474 g/mol. The van der Waals surface area contributed by atoms with Gasteiger partial charge in [-0.05, 0) is 45.8 Å². The summed E-state index contributed by atoms with van der Waals surface area (Å²) in [5.41, 5.74) is 7.05. The van der Waals surface area contributed by atoms with Crippen LogP contribution < -0.4 is 5.73 Å². The number of nitrogens with two attached hydrogens (primary N) is 1. The summed E-state index contributed by atoms with van der Waals surface area (Å²) in [6.45, 7) is 19.2. The minimum absolute atomic E-state index is 0.0217. The van der Waals surface area contributed by atoms with Crippen molar-refractivity contribution in [2.45, 2.75) is 104 Å². The Morgan fingerprint density at radius 2 is 1.88 bits per heavy atom. The SMILES string of the molecule is CC(C)N(C(C)C)P(F)O[C@H]1C[C@H](n2cnc3c(N)ncnc32)O[C@@H]1CO[Si](C)(C)C(C)(C)C. The topological polar surface area (TPSA) is 101 Å². The van der Waals surface area contributed by atoms with Crippen LogP contribution in [0.2, 0.25) is 18.1 Å². The first-order valence-electron chi connectivity index (χ1n) is 11.9. The third kappa shape index (κ3) is 5.76. The molecule has 1 saturated heterocycles. The third-order valence-electron chi connectivity index (χ3n) is 6.75. The number of anilines is 1. The lowest BCUT2D eigenvalue weighted by molar-refractivity contribution is -0.0371. The molecule has 0 saturated carbocycles. The zero-order chi connectivity index (χ0) is 25.4. The number of hydrogen-bond acceptors (Lipinski definition) is 8. The molecule has 0 spiro atoms. The Balaban J connectivity index is 1.84. The van der Waals surface area contributed by atoms with Crippen LogP contribution in [0, 0.1) is 0 Å². The van der Waals surface area contributed by atoms with E-state index in [0.29, 0.717) is 30.0 Å². The average Bonchev–Trinajstić information content (AvgIpc) is 3.29. The average molecular weight is 515 g/mol. The van der Waals surface area contributed by atoms with Gasteiger partial charge in [0, 0.05) is 18.5 Å². The minimum atomic E-state index is -2.30. The number of nitrogen functional groups attached to an aromatic ring is 1. The fourth-order valence-electron chi connectivity index (χ4n) is 3.85. The molecule has 0 amide bonds. The summed E-state index contributed by atoms with van der Waals surface area (Å²) in [7, 11) is -4.33. The molecule has 1 aliphatic heterocycles. The molecule has 12 heteroatoms. The first-order chi connectivity index (χ1) is 15.7. The van der Waals surface area contributed by atoms with Gasteiger partial charge < -0.3 is 19.4 Å². The van der Waals surface area contributed by atoms with E-state index >= 15 is 4.20 Å². The van der Waals surface area contributed by atoms with Gasteiger partial charge in [0.25, 0.3) is 0 Å².